The van der Waals surface area contributed by atoms with Gasteiger partial charge in [-0.25, -0.2) is 0 Å². The Balaban J connectivity index is 2.32. The quantitative estimate of drug-likeness (QED) is 0.900. The summed E-state index contributed by atoms with van der Waals surface area (Å²) in [7, 11) is 3.63. The topological polar surface area (TPSA) is 47.0 Å². The molecule has 1 N–H and O–H groups in total. The van der Waals surface area contributed by atoms with Gasteiger partial charge in [-0.15, -0.1) is 5.10 Å². The van der Waals surface area contributed by atoms with Gasteiger partial charge in [0.05, 0.1) is 23.7 Å². The maximum absolute atomic E-state index is 5.18. The first-order valence-corrected chi connectivity index (χ1v) is 6.69. The molecule has 2 aromatic rings. The van der Waals surface area contributed by atoms with E-state index < -0.39 is 0 Å². The summed E-state index contributed by atoms with van der Waals surface area (Å²) in [5, 5.41) is 7.49. The molecule has 1 atom stereocenters. The molecule has 0 aliphatic heterocycles. The van der Waals surface area contributed by atoms with Crippen molar-refractivity contribution in [2.75, 3.05) is 14.2 Å². The van der Waals surface area contributed by atoms with Crippen molar-refractivity contribution in [1.29, 1.82) is 0 Å². The van der Waals surface area contributed by atoms with Crippen LogP contribution in [0.1, 0.15) is 29.1 Å². The summed E-state index contributed by atoms with van der Waals surface area (Å²) in [6, 6.07) is 8.23. The van der Waals surface area contributed by atoms with Crippen LogP contribution < -0.4 is 10.1 Å². The summed E-state index contributed by atoms with van der Waals surface area (Å²) in [5.41, 5.74) is 2.26. The van der Waals surface area contributed by atoms with Gasteiger partial charge >= 0.3 is 0 Å². The second-order valence-corrected chi connectivity index (χ2v) is 4.72. The van der Waals surface area contributed by atoms with Crippen molar-refractivity contribution in [3.05, 3.63) is 40.4 Å². The molecule has 4 nitrogen and oxygen atoms in total. The van der Waals surface area contributed by atoms with E-state index in [4.69, 9.17) is 4.74 Å². The first-order valence-electron chi connectivity index (χ1n) is 5.92. The summed E-state index contributed by atoms with van der Waals surface area (Å²) in [6.45, 7) is 2.10. The number of hydrogen-bond acceptors (Lipinski definition) is 5. The minimum absolute atomic E-state index is 0.144. The highest BCUT2D eigenvalue weighted by Gasteiger charge is 2.18. The van der Waals surface area contributed by atoms with Crippen LogP contribution >= 0.6 is 11.5 Å². The second-order valence-electron chi connectivity index (χ2n) is 3.93. The highest BCUT2D eigenvalue weighted by molar-refractivity contribution is 7.05. The van der Waals surface area contributed by atoms with E-state index >= 15 is 0 Å². The summed E-state index contributed by atoms with van der Waals surface area (Å²) < 4.78 is 9.22. The van der Waals surface area contributed by atoms with E-state index in [9.17, 15) is 0 Å². The molecule has 0 bridgehead atoms. The van der Waals surface area contributed by atoms with E-state index in [0.717, 1.165) is 17.9 Å². The zero-order valence-corrected chi connectivity index (χ0v) is 11.6. The van der Waals surface area contributed by atoms with Crippen LogP contribution in [0.15, 0.2) is 24.3 Å². The van der Waals surface area contributed by atoms with Gasteiger partial charge in [-0.05, 0) is 42.7 Å². The largest absolute Gasteiger partial charge is 0.497 e. The fourth-order valence-electron chi connectivity index (χ4n) is 1.93. The summed E-state index contributed by atoms with van der Waals surface area (Å²) in [6.07, 6.45) is 0.903. The van der Waals surface area contributed by atoms with Crippen molar-refractivity contribution in [3.63, 3.8) is 0 Å². The average Bonchev–Trinajstić information content (AvgIpc) is 2.89. The summed E-state index contributed by atoms with van der Waals surface area (Å²) >= 11 is 1.46. The minimum atomic E-state index is 0.144. The molecular weight excluding hydrogens is 246 g/mol. The van der Waals surface area contributed by atoms with Crippen molar-refractivity contribution in [1.82, 2.24) is 14.9 Å². The molecule has 1 aromatic carbocycles. The molecule has 0 saturated carbocycles. The van der Waals surface area contributed by atoms with E-state index in [2.05, 4.69) is 34.0 Å². The molecule has 18 heavy (non-hydrogen) atoms. The number of hydrogen-bond donors (Lipinski definition) is 1. The van der Waals surface area contributed by atoms with Gasteiger partial charge in [-0.1, -0.05) is 23.5 Å². The van der Waals surface area contributed by atoms with Gasteiger partial charge in [0, 0.05) is 0 Å². The Morgan fingerprint density at radius 1 is 1.33 bits per heavy atom. The predicted molar refractivity (Wildman–Crippen MR) is 73.2 cm³/mol. The van der Waals surface area contributed by atoms with E-state index in [0.29, 0.717) is 0 Å². The lowest BCUT2D eigenvalue weighted by Crippen LogP contribution is -2.17. The third-order valence-electron chi connectivity index (χ3n) is 2.92. The Bertz CT molecular complexity index is 495. The molecule has 0 aliphatic rings. The maximum atomic E-state index is 5.18. The molecule has 96 valence electrons. The van der Waals surface area contributed by atoms with Gasteiger partial charge in [0.25, 0.3) is 0 Å². The molecular formula is C13H17N3OS. The van der Waals surface area contributed by atoms with Crippen molar-refractivity contribution >= 4 is 11.5 Å². The first kappa shape index (κ1) is 13.0. The van der Waals surface area contributed by atoms with Crippen molar-refractivity contribution in [2.45, 2.75) is 19.4 Å². The van der Waals surface area contributed by atoms with E-state index in [1.165, 1.54) is 22.0 Å². The Labute approximate surface area is 111 Å². The van der Waals surface area contributed by atoms with Crippen LogP contribution in [-0.4, -0.2) is 23.7 Å². The Morgan fingerprint density at radius 2 is 2.06 bits per heavy atom. The van der Waals surface area contributed by atoms with Gasteiger partial charge in [0.1, 0.15) is 5.75 Å². The van der Waals surface area contributed by atoms with Crippen LogP contribution in [0.3, 0.4) is 0 Å². The fraction of sp³-hybridized carbons (Fsp3) is 0.385. The van der Waals surface area contributed by atoms with Crippen LogP contribution in [0.25, 0.3) is 0 Å². The highest BCUT2D eigenvalue weighted by Crippen LogP contribution is 2.28. The van der Waals surface area contributed by atoms with Gasteiger partial charge in [0.15, 0.2) is 0 Å². The second kappa shape index (κ2) is 5.93. The number of aromatic nitrogens is 2. The van der Waals surface area contributed by atoms with E-state index in [1.807, 2.05) is 19.2 Å². The minimum Gasteiger partial charge on any atom is -0.497 e. The van der Waals surface area contributed by atoms with Crippen LogP contribution in [0.5, 0.6) is 5.75 Å². The number of nitrogens with zero attached hydrogens (tertiary/aromatic N) is 2. The van der Waals surface area contributed by atoms with Gasteiger partial charge < -0.3 is 10.1 Å². The summed E-state index contributed by atoms with van der Waals surface area (Å²) in [4.78, 5) is 1.19. The fourth-order valence-corrected chi connectivity index (χ4v) is 2.80. The van der Waals surface area contributed by atoms with Crippen LogP contribution in [0.2, 0.25) is 0 Å². The third kappa shape index (κ3) is 2.52. The number of methoxy groups -OCH3 is 1. The van der Waals surface area contributed by atoms with Crippen molar-refractivity contribution in [3.8, 4) is 5.75 Å². The lowest BCUT2D eigenvalue weighted by atomic mass is 10.0. The number of ether oxygens (including phenoxy) is 1. The monoisotopic (exact) mass is 263 g/mol. The van der Waals surface area contributed by atoms with Crippen LogP contribution in [-0.2, 0) is 6.42 Å². The molecule has 0 fully saturated rings. The number of nitrogens with one attached hydrogen (secondary N) is 1. The molecule has 2 rings (SSSR count). The summed E-state index contributed by atoms with van der Waals surface area (Å²) in [5.74, 6) is 0.867. The van der Waals surface area contributed by atoms with Gasteiger partial charge in [-0.3, -0.25) is 0 Å². The normalized spacial score (nSPS) is 12.4. The number of aryl methyl sites for hydroxylation is 1. The standard InChI is InChI=1S/C13H17N3OS/c1-4-11-13(18-16-15-11)12(14-2)9-5-7-10(17-3)8-6-9/h5-8,12,14H,4H2,1-3H3. The van der Waals surface area contributed by atoms with Gasteiger partial charge in [0.2, 0.25) is 0 Å². The molecule has 0 saturated heterocycles. The molecule has 1 heterocycles. The third-order valence-corrected chi connectivity index (χ3v) is 3.75. The van der Waals surface area contributed by atoms with Crippen LogP contribution in [0, 0.1) is 0 Å². The smallest absolute Gasteiger partial charge is 0.118 e. The Morgan fingerprint density at radius 3 is 2.61 bits per heavy atom. The molecule has 0 spiro atoms. The SMILES string of the molecule is CCc1nnsc1C(NC)c1ccc(OC)cc1. The zero-order valence-electron chi connectivity index (χ0n) is 10.8. The number of rotatable bonds is 5. The van der Waals surface area contributed by atoms with Gasteiger partial charge in [-0.2, -0.15) is 0 Å². The average molecular weight is 263 g/mol. The van der Waals surface area contributed by atoms with Crippen molar-refractivity contribution < 1.29 is 4.74 Å². The first-order chi connectivity index (χ1) is 8.80. The Kier molecular flexibility index (Phi) is 4.28. The zero-order chi connectivity index (χ0) is 13.0. The lowest BCUT2D eigenvalue weighted by molar-refractivity contribution is 0.414. The predicted octanol–water partition coefficient (Wildman–Crippen LogP) is 2.42. The van der Waals surface area contributed by atoms with E-state index in [-0.39, 0.29) is 6.04 Å². The molecule has 1 aromatic heterocycles. The molecule has 0 aliphatic carbocycles. The van der Waals surface area contributed by atoms with Crippen molar-refractivity contribution in [2.24, 2.45) is 0 Å². The molecule has 5 heteroatoms. The molecule has 1 unspecified atom stereocenters. The Hall–Kier alpha value is -1.46. The highest BCUT2D eigenvalue weighted by atomic mass is 32.1. The van der Waals surface area contributed by atoms with Crippen LogP contribution in [0.4, 0.5) is 0 Å². The lowest BCUT2D eigenvalue weighted by Gasteiger charge is -2.15. The maximum Gasteiger partial charge on any atom is 0.118 e. The molecule has 0 radical (unpaired) electrons. The number of benzene rings is 1. The van der Waals surface area contributed by atoms with E-state index in [1.54, 1.807) is 7.11 Å². The molecule has 0 amide bonds.